The number of fused-ring (bicyclic) bond motifs is 4. The fourth-order valence-electron chi connectivity index (χ4n) is 5.11. The molecule has 2 aromatic carbocycles. The quantitative estimate of drug-likeness (QED) is 0.535. The Hall–Kier alpha value is -3.52. The summed E-state index contributed by atoms with van der Waals surface area (Å²) in [4.78, 5) is 33.6. The molecule has 0 unspecified atom stereocenters. The molecule has 4 N–H and O–H groups in total. The van der Waals surface area contributed by atoms with Crippen molar-refractivity contribution in [1.29, 1.82) is 0 Å². The maximum absolute atomic E-state index is 13.6. The van der Waals surface area contributed by atoms with Gasteiger partial charge in [0, 0.05) is 29.6 Å². The number of aromatic hydroxyl groups is 1. The Kier molecular flexibility index (Phi) is 4.63. The van der Waals surface area contributed by atoms with Gasteiger partial charge in [0.1, 0.15) is 23.1 Å². The zero-order valence-corrected chi connectivity index (χ0v) is 18.1. The fraction of sp³-hybridized carbons (Fsp3) is 0.333. The van der Waals surface area contributed by atoms with Gasteiger partial charge in [0.2, 0.25) is 0 Å². The van der Waals surface area contributed by atoms with Crippen LogP contribution >= 0.6 is 0 Å². The summed E-state index contributed by atoms with van der Waals surface area (Å²) >= 11 is 0. The molecule has 8 heteroatoms. The van der Waals surface area contributed by atoms with Crippen LogP contribution in [-0.4, -0.2) is 57.6 Å². The number of aromatic nitrogens is 1. The number of nitrogens with one attached hydrogen (secondary N) is 1. The number of ether oxygens (including phenoxy) is 1. The van der Waals surface area contributed by atoms with Crippen molar-refractivity contribution in [2.75, 3.05) is 20.2 Å². The number of hydrogen-bond acceptors (Lipinski definition) is 5. The summed E-state index contributed by atoms with van der Waals surface area (Å²) in [5.41, 5.74) is 8.06. The van der Waals surface area contributed by atoms with Gasteiger partial charge in [-0.1, -0.05) is 12.1 Å². The largest absolute Gasteiger partial charge is 0.508 e. The average Bonchev–Trinajstić information content (AvgIpc) is 3.22. The van der Waals surface area contributed by atoms with E-state index >= 15 is 0 Å². The van der Waals surface area contributed by atoms with Crippen LogP contribution in [0.1, 0.15) is 36.2 Å². The van der Waals surface area contributed by atoms with Crippen LogP contribution in [0.15, 0.2) is 42.5 Å². The number of imide groups is 1. The van der Waals surface area contributed by atoms with Crippen molar-refractivity contribution in [2.24, 2.45) is 5.73 Å². The van der Waals surface area contributed by atoms with Crippen LogP contribution in [-0.2, 0) is 11.2 Å². The highest BCUT2D eigenvalue weighted by Crippen LogP contribution is 2.49. The van der Waals surface area contributed by atoms with Crippen LogP contribution in [0.4, 0.5) is 4.79 Å². The first-order chi connectivity index (χ1) is 15.4. The van der Waals surface area contributed by atoms with Gasteiger partial charge in [0.05, 0.1) is 7.11 Å². The molecular weight excluding hydrogens is 408 g/mol. The summed E-state index contributed by atoms with van der Waals surface area (Å²) in [6.07, 6.45) is 0.929. The number of nitrogens with two attached hydrogens (primary N) is 1. The number of phenols is 1. The smallest absolute Gasteiger partial charge is 0.328 e. The second-order valence-electron chi connectivity index (χ2n) is 8.63. The van der Waals surface area contributed by atoms with Gasteiger partial charge in [-0.3, -0.25) is 14.6 Å². The Morgan fingerprint density at radius 1 is 1.25 bits per heavy atom. The summed E-state index contributed by atoms with van der Waals surface area (Å²) in [6.45, 7) is 2.51. The SMILES string of the molecule is COc1ccc2[nH]c3c(c2c1)C[C@@]1(C)C(=O)N(CCCN)C(=O)N1[C@@H]3c1cccc(O)c1. The van der Waals surface area contributed by atoms with E-state index in [4.69, 9.17) is 10.5 Å². The molecule has 2 aliphatic rings. The van der Waals surface area contributed by atoms with Gasteiger partial charge in [-0.15, -0.1) is 0 Å². The molecule has 8 nitrogen and oxygen atoms in total. The summed E-state index contributed by atoms with van der Waals surface area (Å²) < 4.78 is 5.42. The molecule has 2 aliphatic heterocycles. The highest BCUT2D eigenvalue weighted by Gasteiger charge is 2.60. The van der Waals surface area contributed by atoms with Crippen LogP contribution in [0.5, 0.6) is 11.5 Å². The molecule has 1 fully saturated rings. The van der Waals surface area contributed by atoms with Gasteiger partial charge in [-0.05, 0) is 61.3 Å². The molecule has 0 radical (unpaired) electrons. The van der Waals surface area contributed by atoms with Crippen molar-refractivity contribution < 1.29 is 19.4 Å². The Bertz CT molecular complexity index is 1240. The Morgan fingerprint density at radius 3 is 2.78 bits per heavy atom. The van der Waals surface area contributed by atoms with E-state index < -0.39 is 11.6 Å². The molecule has 0 aliphatic carbocycles. The maximum Gasteiger partial charge on any atom is 0.328 e. The monoisotopic (exact) mass is 434 g/mol. The van der Waals surface area contributed by atoms with Crippen LogP contribution in [0.25, 0.3) is 10.9 Å². The first-order valence-corrected chi connectivity index (χ1v) is 10.7. The molecule has 32 heavy (non-hydrogen) atoms. The van der Waals surface area contributed by atoms with Crippen molar-refractivity contribution in [3.8, 4) is 11.5 Å². The zero-order valence-electron chi connectivity index (χ0n) is 18.1. The van der Waals surface area contributed by atoms with Crippen LogP contribution < -0.4 is 10.5 Å². The third-order valence-electron chi connectivity index (χ3n) is 6.65. The van der Waals surface area contributed by atoms with E-state index in [0.717, 1.165) is 33.5 Å². The second kappa shape index (κ2) is 7.27. The lowest BCUT2D eigenvalue weighted by Gasteiger charge is -2.42. The van der Waals surface area contributed by atoms with Gasteiger partial charge in [-0.2, -0.15) is 0 Å². The number of amides is 3. The highest BCUT2D eigenvalue weighted by atomic mass is 16.5. The van der Waals surface area contributed by atoms with Crippen molar-refractivity contribution in [2.45, 2.75) is 31.3 Å². The number of carbonyl (C=O) groups excluding carboxylic acids is 2. The molecule has 0 spiro atoms. The molecule has 1 saturated heterocycles. The number of phenolic OH excluding ortho intramolecular Hbond substituents is 1. The Labute approximate surface area is 185 Å². The molecule has 3 heterocycles. The molecule has 0 saturated carbocycles. The molecule has 166 valence electrons. The average molecular weight is 434 g/mol. The standard InChI is InChI=1S/C24H26N4O4/c1-24-13-18-17-12-16(32-2)7-8-19(17)26-20(18)21(14-5-3-6-15(29)11-14)28(24)23(31)27(22(24)30)10-4-9-25/h3,5-8,11-12,21,26,29H,4,9-10,13,25H2,1-2H3/t21-,24+/m1/s1. The van der Waals surface area contributed by atoms with Crippen molar-refractivity contribution in [1.82, 2.24) is 14.8 Å². The lowest BCUT2D eigenvalue weighted by Crippen LogP contribution is -2.53. The summed E-state index contributed by atoms with van der Waals surface area (Å²) in [5, 5.41) is 11.1. The molecule has 5 rings (SSSR count). The molecule has 1 aromatic heterocycles. The number of benzene rings is 2. The fourth-order valence-corrected chi connectivity index (χ4v) is 5.11. The van der Waals surface area contributed by atoms with Gasteiger partial charge in [-0.25, -0.2) is 4.79 Å². The van der Waals surface area contributed by atoms with Gasteiger partial charge < -0.3 is 20.6 Å². The molecule has 3 amide bonds. The van der Waals surface area contributed by atoms with Gasteiger partial charge >= 0.3 is 6.03 Å². The Morgan fingerprint density at radius 2 is 2.06 bits per heavy atom. The van der Waals surface area contributed by atoms with Crippen molar-refractivity contribution in [3.05, 3.63) is 59.3 Å². The maximum atomic E-state index is 13.6. The van der Waals surface area contributed by atoms with E-state index in [2.05, 4.69) is 4.98 Å². The van der Waals surface area contributed by atoms with E-state index in [1.165, 1.54) is 4.90 Å². The van der Waals surface area contributed by atoms with Crippen LogP contribution in [0.3, 0.4) is 0 Å². The van der Waals surface area contributed by atoms with Gasteiger partial charge in [0.15, 0.2) is 0 Å². The van der Waals surface area contributed by atoms with Crippen LogP contribution in [0, 0.1) is 0 Å². The van der Waals surface area contributed by atoms with E-state index in [9.17, 15) is 14.7 Å². The number of H-pyrrole nitrogens is 1. The highest BCUT2D eigenvalue weighted by molar-refractivity contribution is 6.08. The van der Waals surface area contributed by atoms with Gasteiger partial charge in [0.25, 0.3) is 5.91 Å². The number of carbonyl (C=O) groups is 2. The van der Waals surface area contributed by atoms with Crippen molar-refractivity contribution >= 4 is 22.8 Å². The van der Waals surface area contributed by atoms with E-state index in [0.29, 0.717) is 19.4 Å². The summed E-state index contributed by atoms with van der Waals surface area (Å²) in [6, 6.07) is 11.7. The minimum Gasteiger partial charge on any atom is -0.508 e. The molecule has 2 atom stereocenters. The minimum atomic E-state index is -1.05. The third kappa shape index (κ3) is 2.79. The number of hydrogen-bond donors (Lipinski definition) is 3. The predicted octanol–water partition coefficient (Wildman–Crippen LogP) is 2.90. The number of rotatable bonds is 5. The van der Waals surface area contributed by atoms with E-state index in [1.807, 2.05) is 31.2 Å². The second-order valence-corrected chi connectivity index (χ2v) is 8.63. The summed E-state index contributed by atoms with van der Waals surface area (Å²) in [5.74, 6) is 0.607. The minimum absolute atomic E-state index is 0.104. The summed E-state index contributed by atoms with van der Waals surface area (Å²) in [7, 11) is 1.62. The number of nitrogens with zero attached hydrogens (tertiary/aromatic N) is 2. The van der Waals surface area contributed by atoms with E-state index in [1.54, 1.807) is 30.2 Å². The lowest BCUT2D eigenvalue weighted by atomic mass is 9.81. The molecule has 3 aromatic rings. The predicted molar refractivity (Wildman–Crippen MR) is 120 cm³/mol. The van der Waals surface area contributed by atoms with Crippen molar-refractivity contribution in [3.63, 3.8) is 0 Å². The first kappa shape index (κ1) is 20.4. The first-order valence-electron chi connectivity index (χ1n) is 10.7. The lowest BCUT2D eigenvalue weighted by molar-refractivity contribution is -0.133. The van der Waals surface area contributed by atoms with E-state index in [-0.39, 0.29) is 24.2 Å². The normalized spacial score (nSPS) is 22.4. The third-order valence-corrected chi connectivity index (χ3v) is 6.65. The number of methoxy groups -OCH3 is 1. The zero-order chi connectivity index (χ0) is 22.6. The topological polar surface area (TPSA) is 112 Å². The Balaban J connectivity index is 1.74. The molecular formula is C24H26N4O4. The number of urea groups is 1. The molecule has 0 bridgehead atoms. The number of aromatic amines is 1. The van der Waals surface area contributed by atoms with Crippen LogP contribution in [0.2, 0.25) is 0 Å².